The number of nitrogens with one attached hydrogen (secondary N) is 1. The highest BCUT2D eigenvalue weighted by atomic mass is 32.2. The highest BCUT2D eigenvalue weighted by Gasteiger charge is 2.14. The molecular formula is C6H3N3S3. The topological polar surface area (TPSA) is 37.8 Å². The molecule has 0 spiro atoms. The Morgan fingerprint density at radius 1 is 1.00 bits per heavy atom. The first-order valence-corrected chi connectivity index (χ1v) is 5.65. The van der Waals surface area contributed by atoms with Crippen molar-refractivity contribution in [2.75, 3.05) is 0 Å². The minimum atomic E-state index is 0.996. The fourth-order valence-electron chi connectivity index (χ4n) is 1.06. The first-order valence-electron chi connectivity index (χ1n) is 3.28. The lowest BCUT2D eigenvalue weighted by Gasteiger charge is -1.92. The SMILES string of the molecule is c1c2c(cc3nsnc13)SNS2. The highest BCUT2D eigenvalue weighted by molar-refractivity contribution is 8.15. The Morgan fingerprint density at radius 3 is 2.17 bits per heavy atom. The summed E-state index contributed by atoms with van der Waals surface area (Å²) in [6.45, 7) is 0. The van der Waals surface area contributed by atoms with Gasteiger partial charge in [0.1, 0.15) is 11.0 Å². The summed E-state index contributed by atoms with van der Waals surface area (Å²) in [5, 5.41) is 0. The smallest absolute Gasteiger partial charge is 0.106 e. The lowest BCUT2D eigenvalue weighted by Crippen LogP contribution is -1.73. The number of benzene rings is 1. The zero-order valence-electron chi connectivity index (χ0n) is 5.77. The Bertz CT molecular complexity index is 401. The molecule has 0 aliphatic carbocycles. The molecule has 0 bridgehead atoms. The maximum absolute atomic E-state index is 4.18. The average molecular weight is 213 g/mol. The summed E-state index contributed by atoms with van der Waals surface area (Å²) in [6.07, 6.45) is 0. The maximum Gasteiger partial charge on any atom is 0.106 e. The van der Waals surface area contributed by atoms with Gasteiger partial charge in [-0.1, -0.05) is 0 Å². The molecule has 1 aliphatic rings. The van der Waals surface area contributed by atoms with Crippen LogP contribution >= 0.6 is 35.6 Å². The zero-order valence-corrected chi connectivity index (χ0v) is 8.22. The van der Waals surface area contributed by atoms with Crippen LogP contribution in [0.4, 0.5) is 0 Å². The third-order valence-electron chi connectivity index (χ3n) is 1.62. The van der Waals surface area contributed by atoms with Crippen LogP contribution < -0.4 is 4.13 Å². The van der Waals surface area contributed by atoms with E-state index in [1.807, 2.05) is 0 Å². The normalized spacial score (nSPS) is 15.3. The van der Waals surface area contributed by atoms with Gasteiger partial charge in [0.25, 0.3) is 0 Å². The van der Waals surface area contributed by atoms with Crippen molar-refractivity contribution in [2.45, 2.75) is 9.79 Å². The molecule has 1 aromatic carbocycles. The molecule has 2 aromatic rings. The van der Waals surface area contributed by atoms with Gasteiger partial charge in [-0.25, -0.2) is 0 Å². The van der Waals surface area contributed by atoms with Gasteiger partial charge in [-0.2, -0.15) is 12.9 Å². The highest BCUT2D eigenvalue weighted by Crippen LogP contribution is 2.38. The molecule has 60 valence electrons. The zero-order chi connectivity index (χ0) is 7.97. The Balaban J connectivity index is 2.38. The molecule has 0 radical (unpaired) electrons. The van der Waals surface area contributed by atoms with E-state index < -0.39 is 0 Å². The molecule has 0 saturated heterocycles. The van der Waals surface area contributed by atoms with Gasteiger partial charge in [-0.3, -0.25) is 0 Å². The number of fused-ring (bicyclic) bond motifs is 2. The van der Waals surface area contributed by atoms with Crippen molar-refractivity contribution >= 4 is 46.7 Å². The summed E-state index contributed by atoms with van der Waals surface area (Å²) in [7, 11) is 0. The van der Waals surface area contributed by atoms with Gasteiger partial charge in [-0.15, -0.1) is 0 Å². The van der Waals surface area contributed by atoms with Crippen LogP contribution in [0.3, 0.4) is 0 Å². The standard InChI is InChI=1S/C6H3N3S3/c1-3-4(8-12-7-3)2-6-5(1)10-9-11-6/h1-2,9H. The van der Waals surface area contributed by atoms with Crippen LogP contribution in [0.5, 0.6) is 0 Å². The van der Waals surface area contributed by atoms with E-state index in [2.05, 4.69) is 25.0 Å². The van der Waals surface area contributed by atoms with E-state index in [1.165, 1.54) is 21.5 Å². The van der Waals surface area contributed by atoms with E-state index in [-0.39, 0.29) is 0 Å². The van der Waals surface area contributed by atoms with Crippen LogP contribution in [-0.2, 0) is 0 Å². The van der Waals surface area contributed by atoms with E-state index in [9.17, 15) is 0 Å². The van der Waals surface area contributed by atoms with Gasteiger partial charge in [0, 0.05) is 9.79 Å². The number of hydrogen-bond acceptors (Lipinski definition) is 6. The Kier molecular flexibility index (Phi) is 1.54. The van der Waals surface area contributed by atoms with Gasteiger partial charge < -0.3 is 0 Å². The fraction of sp³-hybridized carbons (Fsp3) is 0. The number of rotatable bonds is 0. The van der Waals surface area contributed by atoms with Crippen LogP contribution in [0.15, 0.2) is 21.9 Å². The van der Waals surface area contributed by atoms with Crippen LogP contribution in [0.25, 0.3) is 11.0 Å². The van der Waals surface area contributed by atoms with Crippen molar-refractivity contribution in [2.24, 2.45) is 0 Å². The first-order chi connectivity index (χ1) is 5.93. The number of aromatic nitrogens is 2. The molecule has 1 aliphatic heterocycles. The molecular weight excluding hydrogens is 210 g/mol. The summed E-state index contributed by atoms with van der Waals surface area (Å²) in [5.41, 5.74) is 1.99. The molecule has 3 rings (SSSR count). The van der Waals surface area contributed by atoms with Crippen LogP contribution in [0, 0.1) is 0 Å². The Morgan fingerprint density at radius 2 is 1.58 bits per heavy atom. The summed E-state index contributed by atoms with van der Waals surface area (Å²) in [6, 6.07) is 4.15. The van der Waals surface area contributed by atoms with E-state index in [1.54, 1.807) is 23.9 Å². The predicted octanol–water partition coefficient (Wildman–Crippen LogP) is 2.31. The van der Waals surface area contributed by atoms with Gasteiger partial charge >= 0.3 is 0 Å². The second-order valence-electron chi connectivity index (χ2n) is 2.34. The number of nitrogens with zero attached hydrogens (tertiary/aromatic N) is 2. The largest absolute Gasteiger partial charge is 0.199 e. The maximum atomic E-state index is 4.18. The van der Waals surface area contributed by atoms with Crippen molar-refractivity contribution < 1.29 is 0 Å². The third-order valence-corrected chi connectivity index (χ3v) is 4.09. The third kappa shape index (κ3) is 0.957. The fourth-order valence-corrected chi connectivity index (χ4v) is 3.37. The second-order valence-corrected chi connectivity index (χ2v) is 4.82. The molecule has 2 heterocycles. The Hall–Kier alpha value is -0.300. The minimum Gasteiger partial charge on any atom is -0.199 e. The van der Waals surface area contributed by atoms with Crippen molar-refractivity contribution in [1.29, 1.82) is 0 Å². The Labute approximate surface area is 81.5 Å². The summed E-state index contributed by atoms with van der Waals surface area (Å²) in [5.74, 6) is 0. The van der Waals surface area contributed by atoms with Crippen LogP contribution in [0.2, 0.25) is 0 Å². The van der Waals surface area contributed by atoms with Crippen molar-refractivity contribution in [1.82, 2.24) is 12.9 Å². The minimum absolute atomic E-state index is 0.996. The van der Waals surface area contributed by atoms with E-state index >= 15 is 0 Å². The lowest BCUT2D eigenvalue weighted by molar-refractivity contribution is 1.29. The summed E-state index contributed by atoms with van der Waals surface area (Å²) in [4.78, 5) is 2.50. The quantitative estimate of drug-likeness (QED) is 0.680. The van der Waals surface area contributed by atoms with Crippen LogP contribution in [-0.4, -0.2) is 8.75 Å². The molecule has 3 nitrogen and oxygen atoms in total. The van der Waals surface area contributed by atoms with E-state index in [0.717, 1.165) is 11.0 Å². The number of hydrogen-bond donors (Lipinski definition) is 1. The van der Waals surface area contributed by atoms with Crippen molar-refractivity contribution in [3.8, 4) is 0 Å². The monoisotopic (exact) mass is 213 g/mol. The molecule has 1 N–H and O–H groups in total. The first kappa shape index (κ1) is 7.14. The summed E-state index contributed by atoms with van der Waals surface area (Å²) < 4.78 is 11.5. The molecule has 6 heteroatoms. The predicted molar refractivity (Wildman–Crippen MR) is 52.3 cm³/mol. The molecule has 0 amide bonds. The second kappa shape index (κ2) is 2.59. The molecule has 0 unspecified atom stereocenters. The molecule has 1 aromatic heterocycles. The molecule has 0 atom stereocenters. The van der Waals surface area contributed by atoms with Gasteiger partial charge in [0.2, 0.25) is 0 Å². The van der Waals surface area contributed by atoms with Crippen molar-refractivity contribution in [3.05, 3.63) is 12.1 Å². The lowest BCUT2D eigenvalue weighted by atomic mass is 10.3. The average Bonchev–Trinajstić information content (AvgIpc) is 2.64. The molecule has 12 heavy (non-hydrogen) atoms. The molecule has 0 fully saturated rings. The van der Waals surface area contributed by atoms with Crippen LogP contribution in [0.1, 0.15) is 0 Å². The van der Waals surface area contributed by atoms with Crippen molar-refractivity contribution in [3.63, 3.8) is 0 Å². The summed E-state index contributed by atoms with van der Waals surface area (Å²) >= 11 is 4.54. The van der Waals surface area contributed by atoms with Gasteiger partial charge in [0.05, 0.1) is 11.7 Å². The van der Waals surface area contributed by atoms with E-state index in [4.69, 9.17) is 0 Å². The van der Waals surface area contributed by atoms with Gasteiger partial charge in [-0.05, 0) is 36.0 Å². The van der Waals surface area contributed by atoms with Gasteiger partial charge in [0.15, 0.2) is 0 Å². The van der Waals surface area contributed by atoms with E-state index in [0.29, 0.717) is 0 Å². The molecule has 0 saturated carbocycles.